The van der Waals surface area contributed by atoms with Crippen molar-refractivity contribution in [1.82, 2.24) is 14.6 Å². The minimum Gasteiger partial charge on any atom is -0.497 e. The molecule has 3 rings (SSSR count). The van der Waals surface area contributed by atoms with Gasteiger partial charge < -0.3 is 9.47 Å². The summed E-state index contributed by atoms with van der Waals surface area (Å²) in [6, 6.07) is 7.53. The van der Waals surface area contributed by atoms with Gasteiger partial charge in [0.1, 0.15) is 11.5 Å². The van der Waals surface area contributed by atoms with Crippen LogP contribution in [0.1, 0.15) is 0 Å². The second kappa shape index (κ2) is 4.61. The summed E-state index contributed by atoms with van der Waals surface area (Å²) in [5, 5.41) is 4.28. The van der Waals surface area contributed by atoms with Gasteiger partial charge in [-0.05, 0) is 18.2 Å². The van der Waals surface area contributed by atoms with E-state index in [1.165, 1.54) is 0 Å². The van der Waals surface area contributed by atoms with Gasteiger partial charge in [-0.2, -0.15) is 5.10 Å². The second-order valence-electron chi connectivity index (χ2n) is 4.01. The van der Waals surface area contributed by atoms with Crippen LogP contribution in [0.15, 0.2) is 42.9 Å². The first kappa shape index (κ1) is 11.5. The summed E-state index contributed by atoms with van der Waals surface area (Å²) < 4.78 is 12.4. The number of nitrogens with zero attached hydrogens (tertiary/aromatic N) is 3. The molecule has 19 heavy (non-hydrogen) atoms. The number of fused-ring (bicyclic) bond motifs is 1. The molecule has 2 heterocycles. The molecule has 0 saturated carbocycles. The highest BCUT2D eigenvalue weighted by Crippen LogP contribution is 2.34. The van der Waals surface area contributed by atoms with Gasteiger partial charge in [0.2, 0.25) is 0 Å². The van der Waals surface area contributed by atoms with Gasteiger partial charge in [0.15, 0.2) is 5.65 Å². The van der Waals surface area contributed by atoms with Gasteiger partial charge >= 0.3 is 0 Å². The lowest BCUT2D eigenvalue weighted by Gasteiger charge is -2.09. The molecular weight excluding hydrogens is 242 g/mol. The molecule has 0 unspecified atom stereocenters. The fraction of sp³-hybridized carbons (Fsp3) is 0.143. The number of methoxy groups -OCH3 is 2. The molecule has 0 N–H and O–H groups in total. The Morgan fingerprint density at radius 3 is 2.79 bits per heavy atom. The van der Waals surface area contributed by atoms with Gasteiger partial charge in [-0.1, -0.05) is 0 Å². The maximum atomic E-state index is 5.42. The Labute approximate surface area is 110 Å². The van der Waals surface area contributed by atoms with Crippen molar-refractivity contribution in [3.8, 4) is 22.6 Å². The summed E-state index contributed by atoms with van der Waals surface area (Å²) in [4.78, 5) is 4.35. The molecule has 0 atom stereocenters. The van der Waals surface area contributed by atoms with E-state index < -0.39 is 0 Å². The highest BCUT2D eigenvalue weighted by molar-refractivity contribution is 5.81. The highest BCUT2D eigenvalue weighted by Gasteiger charge is 2.13. The average molecular weight is 255 g/mol. The van der Waals surface area contributed by atoms with Gasteiger partial charge in [0.25, 0.3) is 0 Å². The van der Waals surface area contributed by atoms with Gasteiger partial charge in [-0.3, -0.25) is 0 Å². The number of benzene rings is 1. The standard InChI is InChI=1S/C14H13N3O2/c1-18-10-4-5-11(13(8-10)19-2)12-9-16-17-7-3-6-15-14(12)17/h3-9H,1-2H3. The number of aromatic nitrogens is 3. The van der Waals surface area contributed by atoms with Crippen LogP contribution in [0.3, 0.4) is 0 Å². The first-order valence-electron chi connectivity index (χ1n) is 5.84. The van der Waals surface area contributed by atoms with Crippen molar-refractivity contribution in [3.63, 3.8) is 0 Å². The maximum absolute atomic E-state index is 5.42. The number of ether oxygens (including phenoxy) is 2. The van der Waals surface area contributed by atoms with Gasteiger partial charge in [-0.15, -0.1) is 0 Å². The van der Waals surface area contributed by atoms with Crippen LogP contribution in [0.25, 0.3) is 16.8 Å². The van der Waals surface area contributed by atoms with E-state index in [-0.39, 0.29) is 0 Å². The van der Waals surface area contributed by atoms with Crippen LogP contribution in [0.5, 0.6) is 11.5 Å². The minimum absolute atomic E-state index is 0.736. The van der Waals surface area contributed by atoms with Crippen molar-refractivity contribution in [3.05, 3.63) is 42.9 Å². The van der Waals surface area contributed by atoms with Gasteiger partial charge in [-0.25, -0.2) is 9.50 Å². The molecule has 0 bridgehead atoms. The third-order valence-electron chi connectivity index (χ3n) is 2.98. The van der Waals surface area contributed by atoms with Crippen molar-refractivity contribution in [2.24, 2.45) is 0 Å². The van der Waals surface area contributed by atoms with Gasteiger partial charge in [0, 0.05) is 24.0 Å². The SMILES string of the molecule is COc1ccc(-c2cnn3cccnc23)c(OC)c1. The molecule has 1 aromatic carbocycles. The molecule has 2 aromatic heterocycles. The molecule has 0 radical (unpaired) electrons. The molecule has 5 heteroatoms. The Bertz CT molecular complexity index is 722. The van der Waals surface area contributed by atoms with Crippen LogP contribution in [0.4, 0.5) is 0 Å². The average Bonchev–Trinajstić information content (AvgIpc) is 2.90. The Morgan fingerprint density at radius 1 is 1.11 bits per heavy atom. The van der Waals surface area contributed by atoms with E-state index >= 15 is 0 Å². The molecule has 0 spiro atoms. The van der Waals surface area contributed by atoms with E-state index in [1.807, 2.05) is 30.5 Å². The third-order valence-corrected chi connectivity index (χ3v) is 2.98. The topological polar surface area (TPSA) is 48.7 Å². The fourth-order valence-electron chi connectivity index (χ4n) is 2.04. The quantitative estimate of drug-likeness (QED) is 0.721. The predicted molar refractivity (Wildman–Crippen MR) is 71.5 cm³/mol. The molecule has 0 fully saturated rings. The summed E-state index contributed by atoms with van der Waals surface area (Å²) in [7, 11) is 3.27. The van der Waals surface area contributed by atoms with Crippen molar-refractivity contribution in [1.29, 1.82) is 0 Å². The summed E-state index contributed by atoms with van der Waals surface area (Å²) >= 11 is 0. The molecule has 0 aliphatic carbocycles. The van der Waals surface area contributed by atoms with E-state index in [0.717, 1.165) is 28.3 Å². The number of hydrogen-bond acceptors (Lipinski definition) is 4. The van der Waals surface area contributed by atoms with Crippen LogP contribution in [0.2, 0.25) is 0 Å². The van der Waals surface area contributed by atoms with Crippen molar-refractivity contribution < 1.29 is 9.47 Å². The summed E-state index contributed by atoms with van der Waals surface area (Å²) in [6.45, 7) is 0. The number of hydrogen-bond donors (Lipinski definition) is 0. The van der Waals surface area contributed by atoms with Crippen molar-refractivity contribution in [2.45, 2.75) is 0 Å². The Balaban J connectivity index is 2.21. The fourth-order valence-corrected chi connectivity index (χ4v) is 2.04. The minimum atomic E-state index is 0.736. The Morgan fingerprint density at radius 2 is 2.00 bits per heavy atom. The zero-order valence-electron chi connectivity index (χ0n) is 10.7. The van der Waals surface area contributed by atoms with Gasteiger partial charge in [0.05, 0.1) is 26.0 Å². The zero-order chi connectivity index (χ0) is 13.2. The largest absolute Gasteiger partial charge is 0.497 e. The van der Waals surface area contributed by atoms with E-state index in [9.17, 15) is 0 Å². The number of rotatable bonds is 3. The van der Waals surface area contributed by atoms with E-state index in [1.54, 1.807) is 31.1 Å². The van der Waals surface area contributed by atoms with Crippen LogP contribution in [0, 0.1) is 0 Å². The molecule has 0 amide bonds. The van der Waals surface area contributed by atoms with E-state index in [0.29, 0.717) is 0 Å². The Hall–Kier alpha value is -2.56. The predicted octanol–water partition coefficient (Wildman–Crippen LogP) is 2.41. The normalized spacial score (nSPS) is 10.6. The summed E-state index contributed by atoms with van der Waals surface area (Å²) in [6.07, 6.45) is 5.39. The first-order valence-corrected chi connectivity index (χ1v) is 5.84. The monoisotopic (exact) mass is 255 g/mol. The second-order valence-corrected chi connectivity index (χ2v) is 4.01. The third kappa shape index (κ3) is 1.89. The molecule has 0 aliphatic rings. The lowest BCUT2D eigenvalue weighted by atomic mass is 10.1. The lowest BCUT2D eigenvalue weighted by Crippen LogP contribution is -1.91. The molecule has 5 nitrogen and oxygen atoms in total. The molecule has 0 aliphatic heterocycles. The maximum Gasteiger partial charge on any atom is 0.162 e. The molecule has 3 aromatic rings. The lowest BCUT2D eigenvalue weighted by molar-refractivity contribution is 0.395. The first-order chi connectivity index (χ1) is 9.33. The molecule has 0 saturated heterocycles. The molecular formula is C14H13N3O2. The van der Waals surface area contributed by atoms with Crippen LogP contribution >= 0.6 is 0 Å². The van der Waals surface area contributed by atoms with Crippen LogP contribution in [-0.2, 0) is 0 Å². The van der Waals surface area contributed by atoms with Crippen molar-refractivity contribution in [2.75, 3.05) is 14.2 Å². The smallest absolute Gasteiger partial charge is 0.162 e. The molecule has 96 valence electrons. The van der Waals surface area contributed by atoms with Crippen LogP contribution in [-0.4, -0.2) is 28.8 Å². The van der Waals surface area contributed by atoms with E-state index in [4.69, 9.17) is 9.47 Å². The highest BCUT2D eigenvalue weighted by atomic mass is 16.5. The van der Waals surface area contributed by atoms with Crippen molar-refractivity contribution >= 4 is 5.65 Å². The Kier molecular flexibility index (Phi) is 2.79. The zero-order valence-corrected chi connectivity index (χ0v) is 10.7. The summed E-state index contributed by atoms with van der Waals surface area (Å²) in [5.41, 5.74) is 2.67. The summed E-state index contributed by atoms with van der Waals surface area (Å²) in [5.74, 6) is 1.49. The van der Waals surface area contributed by atoms with E-state index in [2.05, 4.69) is 10.1 Å². The van der Waals surface area contributed by atoms with Crippen LogP contribution < -0.4 is 9.47 Å².